The number of anilines is 1. The second-order valence-electron chi connectivity index (χ2n) is 3.32. The maximum absolute atomic E-state index is 5.55. The number of aromatic nitrogens is 1. The third kappa shape index (κ3) is 3.16. The van der Waals surface area contributed by atoms with Crippen LogP contribution in [0.25, 0.3) is 0 Å². The number of nitrogens with two attached hydrogens (primary N) is 1. The Bertz CT molecular complexity index is 338. The molecule has 0 aliphatic carbocycles. The van der Waals surface area contributed by atoms with Gasteiger partial charge in [-0.15, -0.1) is 0 Å². The second kappa shape index (κ2) is 5.66. The first-order valence-electron chi connectivity index (χ1n) is 5.20. The summed E-state index contributed by atoms with van der Waals surface area (Å²) in [6.07, 6.45) is 1.10. The second-order valence-corrected chi connectivity index (χ2v) is 3.76. The first-order chi connectivity index (χ1) is 7.19. The Hall–Kier alpha value is -1.16. The van der Waals surface area contributed by atoms with Crippen LogP contribution in [0.1, 0.15) is 26.0 Å². The molecule has 0 saturated carbocycles. The summed E-state index contributed by atoms with van der Waals surface area (Å²) in [5, 5.41) is 0. The fourth-order valence-corrected chi connectivity index (χ4v) is 1.55. The lowest BCUT2D eigenvalue weighted by Gasteiger charge is -2.21. The summed E-state index contributed by atoms with van der Waals surface area (Å²) in [5.74, 6) is 0.949. The van der Waals surface area contributed by atoms with Crippen molar-refractivity contribution in [3.8, 4) is 0 Å². The van der Waals surface area contributed by atoms with Crippen LogP contribution in [-0.4, -0.2) is 23.1 Å². The molecule has 0 radical (unpaired) electrons. The normalized spacial score (nSPS) is 10.0. The van der Waals surface area contributed by atoms with E-state index in [2.05, 4.69) is 23.7 Å². The predicted molar refractivity (Wildman–Crippen MR) is 68.3 cm³/mol. The quantitative estimate of drug-likeness (QED) is 0.775. The van der Waals surface area contributed by atoms with Gasteiger partial charge in [0.15, 0.2) is 0 Å². The maximum atomic E-state index is 5.55. The molecule has 0 bridgehead atoms. The van der Waals surface area contributed by atoms with Crippen molar-refractivity contribution in [3.05, 3.63) is 23.9 Å². The Morgan fingerprint density at radius 1 is 1.47 bits per heavy atom. The molecule has 0 saturated heterocycles. The third-order valence-corrected chi connectivity index (χ3v) is 2.40. The lowest BCUT2D eigenvalue weighted by atomic mass is 10.3. The molecule has 0 amide bonds. The van der Waals surface area contributed by atoms with E-state index in [4.69, 9.17) is 18.0 Å². The molecule has 0 aliphatic rings. The van der Waals surface area contributed by atoms with Crippen LogP contribution in [0, 0.1) is 0 Å². The molecular formula is C11H17N3S. The minimum atomic E-state index is 0.351. The average molecular weight is 223 g/mol. The first-order valence-corrected chi connectivity index (χ1v) is 5.61. The van der Waals surface area contributed by atoms with Gasteiger partial charge in [0.25, 0.3) is 0 Å². The highest BCUT2D eigenvalue weighted by Gasteiger charge is 2.06. The predicted octanol–water partition coefficient (Wildman–Crippen LogP) is 1.95. The lowest BCUT2D eigenvalue weighted by molar-refractivity contribution is 0.778. The Balaban J connectivity index is 2.92. The molecule has 0 aromatic carbocycles. The molecule has 3 nitrogen and oxygen atoms in total. The van der Waals surface area contributed by atoms with Crippen molar-refractivity contribution in [2.24, 2.45) is 5.73 Å². The molecular weight excluding hydrogens is 206 g/mol. The molecule has 0 spiro atoms. The largest absolute Gasteiger partial charge is 0.388 e. The molecule has 1 aromatic rings. The molecule has 15 heavy (non-hydrogen) atoms. The van der Waals surface area contributed by atoms with E-state index < -0.39 is 0 Å². The van der Waals surface area contributed by atoms with Crippen molar-refractivity contribution in [2.75, 3.05) is 18.0 Å². The molecule has 82 valence electrons. The number of pyridine rings is 1. The van der Waals surface area contributed by atoms with E-state index in [-0.39, 0.29) is 0 Å². The standard InChI is InChI=1S/C11H17N3S/c1-3-8-14(4-2)10-7-5-6-9(13-10)11(12)15/h5-7H,3-4,8H2,1-2H3,(H2,12,15). The van der Waals surface area contributed by atoms with Gasteiger partial charge in [-0.05, 0) is 25.5 Å². The van der Waals surface area contributed by atoms with E-state index in [0.717, 1.165) is 25.3 Å². The average Bonchev–Trinajstić information content (AvgIpc) is 2.26. The smallest absolute Gasteiger partial charge is 0.129 e. The van der Waals surface area contributed by atoms with E-state index in [9.17, 15) is 0 Å². The molecule has 0 aliphatic heterocycles. The molecule has 1 aromatic heterocycles. The molecule has 2 N–H and O–H groups in total. The van der Waals surface area contributed by atoms with E-state index in [1.165, 1.54) is 0 Å². The van der Waals surface area contributed by atoms with E-state index in [0.29, 0.717) is 10.7 Å². The van der Waals surface area contributed by atoms with Gasteiger partial charge in [-0.25, -0.2) is 4.98 Å². The van der Waals surface area contributed by atoms with Gasteiger partial charge in [0.1, 0.15) is 10.8 Å². The van der Waals surface area contributed by atoms with Crippen LogP contribution in [0.4, 0.5) is 5.82 Å². The zero-order chi connectivity index (χ0) is 11.3. The Morgan fingerprint density at radius 3 is 2.73 bits per heavy atom. The Morgan fingerprint density at radius 2 is 2.20 bits per heavy atom. The van der Waals surface area contributed by atoms with Gasteiger partial charge in [-0.2, -0.15) is 0 Å². The van der Waals surface area contributed by atoms with E-state index in [1.54, 1.807) is 0 Å². The Kier molecular flexibility index (Phi) is 4.49. The zero-order valence-electron chi connectivity index (χ0n) is 9.23. The molecule has 0 atom stereocenters. The van der Waals surface area contributed by atoms with Crippen molar-refractivity contribution in [3.63, 3.8) is 0 Å². The van der Waals surface area contributed by atoms with Gasteiger partial charge in [-0.1, -0.05) is 25.2 Å². The molecule has 0 unspecified atom stereocenters. The fraction of sp³-hybridized carbons (Fsp3) is 0.455. The highest BCUT2D eigenvalue weighted by molar-refractivity contribution is 7.80. The van der Waals surface area contributed by atoms with Crippen LogP contribution in [0.2, 0.25) is 0 Å². The zero-order valence-corrected chi connectivity index (χ0v) is 10.0. The summed E-state index contributed by atoms with van der Waals surface area (Å²) in [6.45, 7) is 6.22. The Labute approximate surface area is 96.3 Å². The summed E-state index contributed by atoms with van der Waals surface area (Å²) >= 11 is 4.91. The van der Waals surface area contributed by atoms with Gasteiger partial charge in [0.05, 0.1) is 5.69 Å². The molecule has 4 heteroatoms. The summed E-state index contributed by atoms with van der Waals surface area (Å²) in [5.41, 5.74) is 6.24. The number of thiocarbonyl (C=S) groups is 1. The molecule has 1 heterocycles. The van der Waals surface area contributed by atoms with Crippen LogP contribution >= 0.6 is 12.2 Å². The van der Waals surface area contributed by atoms with Crippen LogP contribution in [-0.2, 0) is 0 Å². The molecule has 1 rings (SSSR count). The van der Waals surface area contributed by atoms with Crippen LogP contribution in [0.5, 0.6) is 0 Å². The number of hydrogen-bond acceptors (Lipinski definition) is 3. The first kappa shape index (κ1) is 11.9. The van der Waals surface area contributed by atoms with Crippen molar-refractivity contribution >= 4 is 23.0 Å². The summed E-state index contributed by atoms with van der Waals surface area (Å²) < 4.78 is 0. The van der Waals surface area contributed by atoms with Gasteiger partial charge >= 0.3 is 0 Å². The number of hydrogen-bond donors (Lipinski definition) is 1. The number of rotatable bonds is 5. The van der Waals surface area contributed by atoms with E-state index >= 15 is 0 Å². The highest BCUT2D eigenvalue weighted by atomic mass is 32.1. The van der Waals surface area contributed by atoms with Crippen molar-refractivity contribution in [2.45, 2.75) is 20.3 Å². The van der Waals surface area contributed by atoms with Gasteiger partial charge < -0.3 is 10.6 Å². The number of nitrogens with zero attached hydrogens (tertiary/aromatic N) is 2. The fourth-order valence-electron chi connectivity index (χ4n) is 1.44. The van der Waals surface area contributed by atoms with Crippen molar-refractivity contribution < 1.29 is 0 Å². The monoisotopic (exact) mass is 223 g/mol. The third-order valence-electron chi connectivity index (χ3n) is 2.19. The minimum Gasteiger partial charge on any atom is -0.388 e. The molecule has 0 fully saturated rings. The maximum Gasteiger partial charge on any atom is 0.129 e. The summed E-state index contributed by atoms with van der Waals surface area (Å²) in [7, 11) is 0. The van der Waals surface area contributed by atoms with Crippen LogP contribution in [0.3, 0.4) is 0 Å². The van der Waals surface area contributed by atoms with Crippen molar-refractivity contribution in [1.29, 1.82) is 0 Å². The van der Waals surface area contributed by atoms with Gasteiger partial charge in [-0.3, -0.25) is 0 Å². The van der Waals surface area contributed by atoms with Gasteiger partial charge in [0.2, 0.25) is 0 Å². The minimum absolute atomic E-state index is 0.351. The van der Waals surface area contributed by atoms with Crippen LogP contribution < -0.4 is 10.6 Å². The topological polar surface area (TPSA) is 42.1 Å². The summed E-state index contributed by atoms with van der Waals surface area (Å²) in [6, 6.07) is 5.77. The van der Waals surface area contributed by atoms with Crippen LogP contribution in [0.15, 0.2) is 18.2 Å². The lowest BCUT2D eigenvalue weighted by Crippen LogP contribution is -2.25. The van der Waals surface area contributed by atoms with Crippen molar-refractivity contribution in [1.82, 2.24) is 4.98 Å². The van der Waals surface area contributed by atoms with Gasteiger partial charge in [0, 0.05) is 13.1 Å². The highest BCUT2D eigenvalue weighted by Crippen LogP contribution is 2.11. The van der Waals surface area contributed by atoms with E-state index in [1.807, 2.05) is 18.2 Å². The SMILES string of the molecule is CCCN(CC)c1cccc(C(N)=S)n1. The summed E-state index contributed by atoms with van der Waals surface area (Å²) in [4.78, 5) is 6.98.